The molecule has 3 atom stereocenters. The molecule has 0 bridgehead atoms. The molecule has 0 saturated carbocycles. The van der Waals surface area contributed by atoms with Crippen molar-refractivity contribution < 1.29 is 28.9 Å². The fourth-order valence-corrected chi connectivity index (χ4v) is 3.27. The van der Waals surface area contributed by atoms with Gasteiger partial charge in [-0.2, -0.15) is 0 Å². The Morgan fingerprint density at radius 2 is 2.07 bits per heavy atom. The number of carbonyl (C=O) groups excluding carboxylic acids is 2. The first kappa shape index (κ1) is 21.1. The van der Waals surface area contributed by atoms with Crippen LogP contribution < -0.4 is 15.4 Å². The molecule has 1 saturated heterocycles. The Kier molecular flexibility index (Phi) is 7.45. The van der Waals surface area contributed by atoms with Crippen LogP contribution in [0, 0.1) is 0 Å². The number of amides is 3. The van der Waals surface area contributed by atoms with Gasteiger partial charge >= 0.3 is 6.03 Å². The van der Waals surface area contributed by atoms with E-state index >= 15 is 0 Å². The third kappa shape index (κ3) is 5.93. The Morgan fingerprint density at radius 3 is 2.79 bits per heavy atom. The van der Waals surface area contributed by atoms with Crippen molar-refractivity contribution in [3.63, 3.8) is 0 Å². The highest BCUT2D eigenvalue weighted by atomic mass is 16.5. The molecule has 3 rings (SSSR count). The SMILES string of the molecule is COc1cccc(NC(=O)N[C@H]2C=C[C@H](CC(=O)N3CCOCC3)O[C@@H]2CO)c1. The molecule has 0 radical (unpaired) electrons. The molecule has 0 unspecified atom stereocenters. The van der Waals surface area contributed by atoms with Gasteiger partial charge in [0, 0.05) is 24.8 Å². The van der Waals surface area contributed by atoms with E-state index in [0.29, 0.717) is 37.7 Å². The van der Waals surface area contributed by atoms with Crippen LogP contribution in [0.5, 0.6) is 5.75 Å². The Balaban J connectivity index is 1.53. The molecule has 0 aromatic heterocycles. The molecular weight excluding hydrogens is 378 g/mol. The lowest BCUT2D eigenvalue weighted by Gasteiger charge is -2.33. The molecule has 2 aliphatic heterocycles. The summed E-state index contributed by atoms with van der Waals surface area (Å²) in [6, 6.07) is 6.04. The van der Waals surface area contributed by atoms with Gasteiger partial charge in [0.1, 0.15) is 11.9 Å². The number of nitrogens with one attached hydrogen (secondary N) is 2. The number of hydrogen-bond acceptors (Lipinski definition) is 6. The topological polar surface area (TPSA) is 109 Å². The van der Waals surface area contributed by atoms with Gasteiger partial charge in [-0.3, -0.25) is 4.79 Å². The van der Waals surface area contributed by atoms with Crippen LogP contribution in [-0.2, 0) is 14.3 Å². The molecule has 2 heterocycles. The van der Waals surface area contributed by atoms with Crippen LogP contribution in [0.1, 0.15) is 6.42 Å². The molecule has 9 heteroatoms. The predicted octanol–water partition coefficient (Wildman–Crippen LogP) is 0.750. The highest BCUT2D eigenvalue weighted by Gasteiger charge is 2.30. The number of aliphatic hydroxyl groups excluding tert-OH is 1. The van der Waals surface area contributed by atoms with Crippen molar-refractivity contribution in [2.45, 2.75) is 24.7 Å². The molecule has 1 aromatic rings. The van der Waals surface area contributed by atoms with Crippen molar-refractivity contribution in [1.29, 1.82) is 0 Å². The molecule has 0 spiro atoms. The second-order valence-corrected chi connectivity index (χ2v) is 6.83. The van der Waals surface area contributed by atoms with E-state index in [1.165, 1.54) is 0 Å². The highest BCUT2D eigenvalue weighted by Crippen LogP contribution is 2.19. The van der Waals surface area contributed by atoms with Crippen LogP contribution in [0.15, 0.2) is 36.4 Å². The van der Waals surface area contributed by atoms with E-state index in [9.17, 15) is 14.7 Å². The number of benzene rings is 1. The van der Waals surface area contributed by atoms with Crippen LogP contribution in [0.25, 0.3) is 0 Å². The molecule has 1 fully saturated rings. The van der Waals surface area contributed by atoms with Crippen molar-refractivity contribution >= 4 is 17.6 Å². The lowest BCUT2D eigenvalue weighted by Crippen LogP contribution is -2.50. The van der Waals surface area contributed by atoms with Crippen LogP contribution >= 0.6 is 0 Å². The maximum atomic E-state index is 12.4. The van der Waals surface area contributed by atoms with Gasteiger partial charge in [-0.1, -0.05) is 18.2 Å². The fraction of sp³-hybridized carbons (Fsp3) is 0.500. The van der Waals surface area contributed by atoms with Gasteiger partial charge in [-0.15, -0.1) is 0 Å². The first-order chi connectivity index (χ1) is 14.1. The maximum absolute atomic E-state index is 12.4. The largest absolute Gasteiger partial charge is 0.497 e. The predicted molar refractivity (Wildman–Crippen MR) is 106 cm³/mol. The molecule has 9 nitrogen and oxygen atoms in total. The Hall–Kier alpha value is -2.62. The minimum atomic E-state index is -0.640. The molecular formula is C20H27N3O6. The van der Waals surface area contributed by atoms with Gasteiger partial charge < -0.3 is 34.9 Å². The number of rotatable bonds is 6. The van der Waals surface area contributed by atoms with Crippen molar-refractivity contribution in [3.05, 3.63) is 36.4 Å². The van der Waals surface area contributed by atoms with Crippen molar-refractivity contribution in [2.75, 3.05) is 45.3 Å². The molecule has 3 N–H and O–H groups in total. The lowest BCUT2D eigenvalue weighted by atomic mass is 10.0. The van der Waals surface area contributed by atoms with Crippen molar-refractivity contribution in [3.8, 4) is 5.75 Å². The number of methoxy groups -OCH3 is 1. The van der Waals surface area contributed by atoms with Gasteiger partial charge in [-0.25, -0.2) is 4.79 Å². The first-order valence-corrected chi connectivity index (χ1v) is 9.61. The number of aliphatic hydroxyl groups is 1. The van der Waals surface area contributed by atoms with Crippen molar-refractivity contribution in [1.82, 2.24) is 10.2 Å². The number of urea groups is 1. The third-order valence-corrected chi connectivity index (χ3v) is 4.83. The number of ether oxygens (including phenoxy) is 3. The van der Waals surface area contributed by atoms with E-state index in [-0.39, 0.29) is 18.9 Å². The average Bonchev–Trinajstić information content (AvgIpc) is 2.75. The summed E-state index contributed by atoms with van der Waals surface area (Å²) in [6.07, 6.45) is 2.62. The van der Waals surface area contributed by atoms with E-state index < -0.39 is 24.3 Å². The highest BCUT2D eigenvalue weighted by molar-refractivity contribution is 5.89. The van der Waals surface area contributed by atoms with Crippen LogP contribution in [0.4, 0.5) is 10.5 Å². The maximum Gasteiger partial charge on any atom is 0.319 e. The van der Waals surface area contributed by atoms with E-state index in [0.717, 1.165) is 0 Å². The van der Waals surface area contributed by atoms with Gasteiger partial charge in [-0.05, 0) is 12.1 Å². The smallest absolute Gasteiger partial charge is 0.319 e. The summed E-state index contributed by atoms with van der Waals surface area (Å²) in [7, 11) is 1.55. The van der Waals surface area contributed by atoms with Gasteiger partial charge in [0.2, 0.25) is 5.91 Å². The van der Waals surface area contributed by atoms with Crippen LogP contribution in [0.3, 0.4) is 0 Å². The summed E-state index contributed by atoms with van der Waals surface area (Å²) >= 11 is 0. The molecule has 158 valence electrons. The normalized spacial score (nSPS) is 24.1. The quantitative estimate of drug-likeness (QED) is 0.603. The fourth-order valence-electron chi connectivity index (χ4n) is 3.27. The zero-order valence-corrected chi connectivity index (χ0v) is 16.4. The summed E-state index contributed by atoms with van der Waals surface area (Å²) in [5, 5.41) is 15.2. The summed E-state index contributed by atoms with van der Waals surface area (Å²) in [5.74, 6) is 0.617. The number of anilines is 1. The second-order valence-electron chi connectivity index (χ2n) is 6.83. The molecule has 1 aromatic carbocycles. The van der Waals surface area contributed by atoms with Gasteiger partial charge in [0.25, 0.3) is 0 Å². The zero-order chi connectivity index (χ0) is 20.6. The van der Waals surface area contributed by atoms with E-state index in [1.54, 1.807) is 48.4 Å². The van der Waals surface area contributed by atoms with Crippen LogP contribution in [0.2, 0.25) is 0 Å². The number of hydrogen-bond donors (Lipinski definition) is 3. The minimum absolute atomic E-state index is 0.0122. The Morgan fingerprint density at radius 1 is 1.28 bits per heavy atom. The third-order valence-electron chi connectivity index (χ3n) is 4.83. The number of morpholine rings is 1. The molecule has 3 amide bonds. The first-order valence-electron chi connectivity index (χ1n) is 9.61. The van der Waals surface area contributed by atoms with Gasteiger partial charge in [0.15, 0.2) is 0 Å². The summed E-state index contributed by atoms with van der Waals surface area (Å²) < 4.78 is 16.2. The summed E-state index contributed by atoms with van der Waals surface area (Å²) in [5.41, 5.74) is 0.581. The molecule has 2 aliphatic rings. The standard InChI is InChI=1S/C20H27N3O6/c1-27-15-4-2-3-14(11-15)21-20(26)22-17-6-5-16(29-18(17)13-24)12-19(25)23-7-9-28-10-8-23/h2-6,11,16-18,24H,7-10,12-13H2,1H3,(H2,21,22,26)/t16-,17+,18-/m1/s1. The van der Waals surface area contributed by atoms with E-state index in [2.05, 4.69) is 10.6 Å². The summed E-state index contributed by atoms with van der Waals surface area (Å²) in [4.78, 5) is 26.4. The zero-order valence-electron chi connectivity index (χ0n) is 16.4. The lowest BCUT2D eigenvalue weighted by molar-refractivity contribution is -0.139. The second kappa shape index (κ2) is 10.2. The van der Waals surface area contributed by atoms with Crippen LogP contribution in [-0.4, -0.2) is 80.2 Å². The molecule has 0 aliphatic carbocycles. The monoisotopic (exact) mass is 405 g/mol. The Bertz CT molecular complexity index is 735. The summed E-state index contributed by atoms with van der Waals surface area (Å²) in [6.45, 7) is 1.96. The Labute approximate surface area is 169 Å². The number of carbonyl (C=O) groups is 2. The minimum Gasteiger partial charge on any atom is -0.497 e. The van der Waals surface area contributed by atoms with E-state index in [4.69, 9.17) is 14.2 Å². The van der Waals surface area contributed by atoms with Crippen molar-refractivity contribution in [2.24, 2.45) is 0 Å². The molecule has 29 heavy (non-hydrogen) atoms. The van der Waals surface area contributed by atoms with E-state index in [1.807, 2.05) is 0 Å². The van der Waals surface area contributed by atoms with Gasteiger partial charge in [0.05, 0.1) is 45.5 Å². The number of nitrogens with zero attached hydrogens (tertiary/aromatic N) is 1. The average molecular weight is 405 g/mol.